The lowest BCUT2D eigenvalue weighted by atomic mass is 9.76. The zero-order valence-corrected chi connectivity index (χ0v) is 15.5. The number of hydrogen-bond acceptors (Lipinski definition) is 6. The summed E-state index contributed by atoms with van der Waals surface area (Å²) in [6.07, 6.45) is 4.52. The SMILES string of the molecule is COCCN1CC2(CCN(C(=O)c3ocnc3C)CC2)C[C@@H]1COC. The molecular weight excluding hydrogens is 322 g/mol. The second-order valence-corrected chi connectivity index (χ2v) is 7.34. The normalized spacial score (nSPS) is 23.5. The first-order chi connectivity index (χ1) is 12.1. The predicted octanol–water partition coefficient (Wildman–Crippen LogP) is 1.57. The van der Waals surface area contributed by atoms with Crippen molar-refractivity contribution in [1.29, 1.82) is 0 Å². The average Bonchev–Trinajstić information content (AvgIpc) is 3.18. The number of oxazole rings is 1. The van der Waals surface area contributed by atoms with Crippen LogP contribution in [0.1, 0.15) is 35.5 Å². The van der Waals surface area contributed by atoms with Crippen LogP contribution in [0.3, 0.4) is 0 Å². The molecule has 0 aromatic carbocycles. The van der Waals surface area contributed by atoms with E-state index in [0.29, 0.717) is 17.5 Å². The van der Waals surface area contributed by atoms with Gasteiger partial charge in [-0.2, -0.15) is 0 Å². The highest BCUT2D eigenvalue weighted by atomic mass is 16.5. The lowest BCUT2D eigenvalue weighted by molar-refractivity contribution is 0.0552. The highest BCUT2D eigenvalue weighted by Crippen LogP contribution is 2.43. The predicted molar refractivity (Wildman–Crippen MR) is 92.5 cm³/mol. The largest absolute Gasteiger partial charge is 0.438 e. The second kappa shape index (κ2) is 7.85. The summed E-state index contributed by atoms with van der Waals surface area (Å²) in [5.74, 6) is 0.342. The van der Waals surface area contributed by atoms with Crippen LogP contribution in [0.15, 0.2) is 10.8 Å². The molecule has 2 aliphatic heterocycles. The van der Waals surface area contributed by atoms with Gasteiger partial charge in [-0.05, 0) is 31.6 Å². The van der Waals surface area contributed by atoms with Gasteiger partial charge in [-0.3, -0.25) is 9.69 Å². The standard InChI is InChI=1S/C18H29N3O4/c1-14-16(25-13-19-14)17(22)20-6-4-18(5-7-20)10-15(11-24-3)21(12-18)8-9-23-2/h13,15H,4-12H2,1-3H3/t15-/m1/s1. The van der Waals surface area contributed by atoms with Crippen LogP contribution in [-0.4, -0.2) is 80.3 Å². The van der Waals surface area contributed by atoms with E-state index >= 15 is 0 Å². The maximum absolute atomic E-state index is 12.6. The van der Waals surface area contributed by atoms with Gasteiger partial charge >= 0.3 is 0 Å². The van der Waals surface area contributed by atoms with E-state index in [4.69, 9.17) is 13.9 Å². The van der Waals surface area contributed by atoms with Crippen LogP contribution in [-0.2, 0) is 9.47 Å². The van der Waals surface area contributed by atoms with Gasteiger partial charge in [0.25, 0.3) is 5.91 Å². The summed E-state index contributed by atoms with van der Waals surface area (Å²) in [6, 6.07) is 0.443. The summed E-state index contributed by atoms with van der Waals surface area (Å²) in [4.78, 5) is 21.0. The van der Waals surface area contributed by atoms with Crippen molar-refractivity contribution < 1.29 is 18.7 Å². The molecule has 2 fully saturated rings. The summed E-state index contributed by atoms with van der Waals surface area (Å²) in [7, 11) is 3.51. The molecule has 25 heavy (non-hydrogen) atoms. The second-order valence-electron chi connectivity index (χ2n) is 7.34. The number of rotatable bonds is 6. The summed E-state index contributed by atoms with van der Waals surface area (Å²) in [6.45, 7) is 6.85. The molecule has 0 radical (unpaired) electrons. The van der Waals surface area contributed by atoms with E-state index in [1.54, 1.807) is 14.2 Å². The monoisotopic (exact) mass is 351 g/mol. The number of carbonyl (C=O) groups is 1. The number of ether oxygens (including phenoxy) is 2. The number of hydrogen-bond donors (Lipinski definition) is 0. The number of aryl methyl sites for hydroxylation is 1. The minimum atomic E-state index is -0.0347. The van der Waals surface area contributed by atoms with E-state index in [1.807, 2.05) is 11.8 Å². The molecule has 7 heteroatoms. The summed E-state index contributed by atoms with van der Waals surface area (Å²) >= 11 is 0. The Bertz CT molecular complexity index is 581. The van der Waals surface area contributed by atoms with Gasteiger partial charge in [-0.1, -0.05) is 0 Å². The summed E-state index contributed by atoms with van der Waals surface area (Å²) < 4.78 is 15.9. The van der Waals surface area contributed by atoms with Crippen LogP contribution >= 0.6 is 0 Å². The molecule has 1 atom stereocenters. The van der Waals surface area contributed by atoms with Crippen molar-refractivity contribution in [2.75, 3.05) is 53.6 Å². The fraction of sp³-hybridized carbons (Fsp3) is 0.778. The third-order valence-corrected chi connectivity index (χ3v) is 5.72. The van der Waals surface area contributed by atoms with E-state index in [9.17, 15) is 4.79 Å². The van der Waals surface area contributed by atoms with Crippen LogP contribution in [0.5, 0.6) is 0 Å². The first kappa shape index (κ1) is 18.4. The van der Waals surface area contributed by atoms with Gasteiger partial charge in [0.1, 0.15) is 0 Å². The van der Waals surface area contributed by atoms with E-state index in [1.165, 1.54) is 6.39 Å². The van der Waals surface area contributed by atoms with Gasteiger partial charge in [0.05, 0.1) is 18.9 Å². The molecule has 7 nitrogen and oxygen atoms in total. The summed E-state index contributed by atoms with van der Waals surface area (Å²) in [5, 5.41) is 0. The lowest BCUT2D eigenvalue weighted by Crippen LogP contribution is -2.44. The van der Waals surface area contributed by atoms with E-state index in [0.717, 1.165) is 58.7 Å². The van der Waals surface area contributed by atoms with Crippen molar-refractivity contribution in [3.8, 4) is 0 Å². The Balaban J connectivity index is 1.60. The topological polar surface area (TPSA) is 68.0 Å². The Morgan fingerprint density at radius 1 is 1.36 bits per heavy atom. The number of carbonyl (C=O) groups excluding carboxylic acids is 1. The number of aromatic nitrogens is 1. The molecule has 1 aromatic heterocycles. The van der Waals surface area contributed by atoms with Crippen molar-refractivity contribution in [2.45, 2.75) is 32.2 Å². The van der Waals surface area contributed by atoms with Gasteiger partial charge in [-0.15, -0.1) is 0 Å². The molecule has 1 spiro atoms. The zero-order chi connectivity index (χ0) is 17.9. The van der Waals surface area contributed by atoms with Crippen molar-refractivity contribution in [3.63, 3.8) is 0 Å². The van der Waals surface area contributed by atoms with Crippen molar-refractivity contribution in [3.05, 3.63) is 17.8 Å². The quantitative estimate of drug-likeness (QED) is 0.775. The lowest BCUT2D eigenvalue weighted by Gasteiger charge is -2.39. The smallest absolute Gasteiger partial charge is 0.291 e. The molecule has 0 N–H and O–H groups in total. The third kappa shape index (κ3) is 3.88. The maximum atomic E-state index is 12.6. The molecule has 1 aromatic rings. The molecule has 0 saturated carbocycles. The number of piperidine rings is 1. The minimum absolute atomic E-state index is 0.0347. The van der Waals surface area contributed by atoms with Gasteiger partial charge < -0.3 is 18.8 Å². The van der Waals surface area contributed by atoms with Crippen LogP contribution in [0, 0.1) is 12.3 Å². The molecule has 2 aliphatic rings. The molecule has 1 amide bonds. The zero-order valence-electron chi connectivity index (χ0n) is 15.5. The van der Waals surface area contributed by atoms with Gasteiger partial charge in [0.2, 0.25) is 5.76 Å². The Kier molecular flexibility index (Phi) is 5.76. The molecule has 0 bridgehead atoms. The molecule has 0 aliphatic carbocycles. The fourth-order valence-corrected chi connectivity index (χ4v) is 4.28. The van der Waals surface area contributed by atoms with Crippen LogP contribution in [0.2, 0.25) is 0 Å². The van der Waals surface area contributed by atoms with E-state index in [-0.39, 0.29) is 11.3 Å². The summed E-state index contributed by atoms with van der Waals surface area (Å²) in [5.41, 5.74) is 0.946. The van der Waals surface area contributed by atoms with Crippen LogP contribution in [0.4, 0.5) is 0 Å². The van der Waals surface area contributed by atoms with Gasteiger partial charge in [0, 0.05) is 46.4 Å². The average molecular weight is 351 g/mol. The number of amides is 1. The van der Waals surface area contributed by atoms with Crippen molar-refractivity contribution in [2.24, 2.45) is 5.41 Å². The minimum Gasteiger partial charge on any atom is -0.438 e. The molecule has 0 unspecified atom stereocenters. The van der Waals surface area contributed by atoms with Crippen LogP contribution in [0.25, 0.3) is 0 Å². The Morgan fingerprint density at radius 3 is 2.72 bits per heavy atom. The van der Waals surface area contributed by atoms with Crippen molar-refractivity contribution >= 4 is 5.91 Å². The fourth-order valence-electron chi connectivity index (χ4n) is 4.28. The Morgan fingerprint density at radius 2 is 2.12 bits per heavy atom. The van der Waals surface area contributed by atoms with E-state index in [2.05, 4.69) is 9.88 Å². The number of likely N-dealkylation sites (tertiary alicyclic amines) is 2. The molecule has 2 saturated heterocycles. The number of nitrogens with zero attached hydrogens (tertiary/aromatic N) is 3. The maximum Gasteiger partial charge on any atom is 0.291 e. The van der Waals surface area contributed by atoms with Gasteiger partial charge in [0.15, 0.2) is 6.39 Å². The molecule has 3 rings (SSSR count). The molecule has 3 heterocycles. The first-order valence-corrected chi connectivity index (χ1v) is 9.00. The highest BCUT2D eigenvalue weighted by Gasteiger charge is 2.46. The molecule has 140 valence electrons. The first-order valence-electron chi connectivity index (χ1n) is 9.00. The Labute approximate surface area is 149 Å². The van der Waals surface area contributed by atoms with E-state index < -0.39 is 0 Å². The Hall–Kier alpha value is -1.44. The number of methoxy groups -OCH3 is 2. The van der Waals surface area contributed by atoms with Gasteiger partial charge in [-0.25, -0.2) is 4.98 Å². The molecular formula is C18H29N3O4. The highest BCUT2D eigenvalue weighted by molar-refractivity contribution is 5.92. The third-order valence-electron chi connectivity index (χ3n) is 5.72. The van der Waals surface area contributed by atoms with Crippen molar-refractivity contribution in [1.82, 2.24) is 14.8 Å². The van der Waals surface area contributed by atoms with Crippen LogP contribution < -0.4 is 0 Å².